The summed E-state index contributed by atoms with van der Waals surface area (Å²) in [6.07, 6.45) is 0. The lowest BCUT2D eigenvalue weighted by Gasteiger charge is -2.26. The van der Waals surface area contributed by atoms with Crippen molar-refractivity contribution >= 4 is 60.5 Å². The lowest BCUT2D eigenvalue weighted by Crippen LogP contribution is -2.10. The highest BCUT2D eigenvalue weighted by molar-refractivity contribution is 6.10. The van der Waals surface area contributed by atoms with Crippen LogP contribution in [0.2, 0.25) is 0 Å². The van der Waals surface area contributed by atoms with Gasteiger partial charge in [0.25, 0.3) is 0 Å². The summed E-state index contributed by atoms with van der Waals surface area (Å²) >= 11 is 0. The smallest absolute Gasteiger partial charge is 0.143 e. The molecule has 300 valence electrons. The molecule has 0 amide bonds. The number of anilines is 3. The molecule has 0 aliphatic rings. The van der Waals surface area contributed by atoms with Gasteiger partial charge in [0.2, 0.25) is 0 Å². The molecule has 0 aliphatic heterocycles. The molecule has 12 rings (SSSR count). The largest absolute Gasteiger partial charge is 0.455 e. The summed E-state index contributed by atoms with van der Waals surface area (Å²) in [7, 11) is 0. The van der Waals surface area contributed by atoms with E-state index in [2.05, 4.69) is 241 Å². The maximum Gasteiger partial charge on any atom is 0.143 e. The SMILES string of the molecule is c1ccc(-c2ccccc2-c2ccccc2-c2ccccc2-c2ccc(N(c3ccc(-c4cccc5c4oc4ccccc45)cc3)c3ccc4c(ccc5ccccc54)c3)cc2)cc1. The van der Waals surface area contributed by atoms with Gasteiger partial charge in [0.05, 0.1) is 0 Å². The fraction of sp³-hybridized carbons (Fsp3) is 0. The Hall–Kier alpha value is -8.46. The highest BCUT2D eigenvalue weighted by Crippen LogP contribution is 2.44. The van der Waals surface area contributed by atoms with Gasteiger partial charge in [-0.05, 0) is 114 Å². The second-order valence-corrected chi connectivity index (χ2v) is 16.4. The van der Waals surface area contributed by atoms with Crippen LogP contribution in [0.15, 0.2) is 253 Å². The first-order valence-electron chi connectivity index (χ1n) is 21.9. The predicted octanol–water partition coefficient (Wildman–Crippen LogP) is 17.7. The Balaban J connectivity index is 0.955. The Morgan fingerprint density at radius 2 is 0.688 bits per heavy atom. The average Bonchev–Trinajstić information content (AvgIpc) is 3.76. The van der Waals surface area contributed by atoms with Crippen LogP contribution in [0.5, 0.6) is 0 Å². The van der Waals surface area contributed by atoms with Crippen molar-refractivity contribution in [3.8, 4) is 55.6 Å². The van der Waals surface area contributed by atoms with Crippen molar-refractivity contribution < 1.29 is 4.42 Å². The molecular weight excluding hydrogens is 775 g/mol. The second-order valence-electron chi connectivity index (χ2n) is 16.4. The number of fused-ring (bicyclic) bond motifs is 6. The fourth-order valence-corrected chi connectivity index (χ4v) is 9.65. The van der Waals surface area contributed by atoms with Crippen molar-refractivity contribution in [2.45, 2.75) is 0 Å². The molecule has 0 atom stereocenters. The summed E-state index contributed by atoms with van der Waals surface area (Å²) in [5.74, 6) is 0. The van der Waals surface area contributed by atoms with E-state index in [0.29, 0.717) is 0 Å². The topological polar surface area (TPSA) is 16.4 Å². The quantitative estimate of drug-likeness (QED) is 0.142. The first kappa shape index (κ1) is 37.3. The number of rotatable bonds is 8. The van der Waals surface area contributed by atoms with Crippen LogP contribution >= 0.6 is 0 Å². The molecule has 0 aliphatic carbocycles. The first-order valence-corrected chi connectivity index (χ1v) is 21.9. The zero-order chi connectivity index (χ0) is 42.4. The van der Waals surface area contributed by atoms with Crippen LogP contribution in [0.4, 0.5) is 17.1 Å². The Labute approximate surface area is 372 Å². The molecule has 0 fully saturated rings. The monoisotopic (exact) mass is 815 g/mol. The standard InChI is InChI=1S/C62H41NO/c1-2-15-42(16-3-1)51-19-6-8-21-55(51)57-23-10-11-24-58(57)56-22-9-7-20-52(56)44-31-35-47(36-32-44)63(49-39-40-53-46(41-49)30-29-43-17-4-5-18-50(43)53)48-37-33-45(34-38-48)54-26-14-27-60-59-25-12-13-28-61(59)64-62(54)60/h1-41H. The van der Waals surface area contributed by atoms with Crippen LogP contribution in [-0.4, -0.2) is 0 Å². The van der Waals surface area contributed by atoms with Gasteiger partial charge in [0.15, 0.2) is 0 Å². The minimum atomic E-state index is 0.903. The third kappa shape index (κ3) is 6.52. The lowest BCUT2D eigenvalue weighted by atomic mass is 9.87. The maximum atomic E-state index is 6.45. The molecule has 12 aromatic rings. The lowest BCUT2D eigenvalue weighted by molar-refractivity contribution is 0.670. The Morgan fingerprint density at radius 3 is 1.34 bits per heavy atom. The van der Waals surface area contributed by atoms with E-state index in [1.54, 1.807) is 0 Å². The van der Waals surface area contributed by atoms with Crippen molar-refractivity contribution in [2.75, 3.05) is 4.90 Å². The zero-order valence-electron chi connectivity index (χ0n) is 35.0. The summed E-state index contributed by atoms with van der Waals surface area (Å²) < 4.78 is 6.45. The predicted molar refractivity (Wildman–Crippen MR) is 271 cm³/mol. The van der Waals surface area contributed by atoms with E-state index in [-0.39, 0.29) is 0 Å². The molecule has 1 aromatic heterocycles. The van der Waals surface area contributed by atoms with Gasteiger partial charge in [-0.2, -0.15) is 0 Å². The second kappa shape index (κ2) is 15.8. The van der Waals surface area contributed by atoms with Crippen LogP contribution < -0.4 is 4.90 Å². The van der Waals surface area contributed by atoms with Gasteiger partial charge in [-0.3, -0.25) is 0 Å². The Bertz CT molecular complexity index is 3660. The minimum absolute atomic E-state index is 0.903. The van der Waals surface area contributed by atoms with Crippen molar-refractivity contribution in [3.63, 3.8) is 0 Å². The van der Waals surface area contributed by atoms with Crippen LogP contribution in [0.1, 0.15) is 0 Å². The molecule has 2 heteroatoms. The molecule has 11 aromatic carbocycles. The highest BCUT2D eigenvalue weighted by atomic mass is 16.3. The number of hydrogen-bond donors (Lipinski definition) is 0. The molecule has 1 heterocycles. The van der Waals surface area contributed by atoms with E-state index in [4.69, 9.17) is 4.42 Å². The van der Waals surface area contributed by atoms with Gasteiger partial charge in [-0.25, -0.2) is 0 Å². The van der Waals surface area contributed by atoms with Crippen molar-refractivity contribution in [1.29, 1.82) is 0 Å². The van der Waals surface area contributed by atoms with Gasteiger partial charge in [-0.1, -0.05) is 206 Å². The van der Waals surface area contributed by atoms with Crippen LogP contribution in [0, 0.1) is 0 Å². The Kier molecular flexibility index (Phi) is 9.20. The molecule has 2 nitrogen and oxygen atoms in total. The maximum absolute atomic E-state index is 6.45. The Morgan fingerprint density at radius 1 is 0.250 bits per heavy atom. The van der Waals surface area contributed by atoms with E-state index >= 15 is 0 Å². The zero-order valence-corrected chi connectivity index (χ0v) is 35.0. The fourth-order valence-electron chi connectivity index (χ4n) is 9.65. The third-order valence-corrected chi connectivity index (χ3v) is 12.7. The van der Waals surface area contributed by atoms with Gasteiger partial charge in [0.1, 0.15) is 11.2 Å². The third-order valence-electron chi connectivity index (χ3n) is 12.7. The van der Waals surface area contributed by atoms with Crippen molar-refractivity contribution in [3.05, 3.63) is 249 Å². The molecule has 64 heavy (non-hydrogen) atoms. The van der Waals surface area contributed by atoms with E-state index < -0.39 is 0 Å². The summed E-state index contributed by atoms with van der Waals surface area (Å²) in [4.78, 5) is 2.37. The summed E-state index contributed by atoms with van der Waals surface area (Å²) in [6.45, 7) is 0. The van der Waals surface area contributed by atoms with E-state index in [0.717, 1.165) is 55.7 Å². The minimum Gasteiger partial charge on any atom is -0.455 e. The molecule has 0 spiro atoms. The van der Waals surface area contributed by atoms with Crippen LogP contribution in [-0.2, 0) is 0 Å². The molecule has 0 unspecified atom stereocenters. The normalized spacial score (nSPS) is 11.4. The first-order chi connectivity index (χ1) is 31.7. The molecular formula is C62H41NO. The number of benzene rings is 11. The van der Waals surface area contributed by atoms with Gasteiger partial charge >= 0.3 is 0 Å². The summed E-state index contributed by atoms with van der Waals surface area (Å²) in [6, 6.07) is 89.6. The van der Waals surface area contributed by atoms with Gasteiger partial charge < -0.3 is 9.32 Å². The molecule has 0 N–H and O–H groups in total. The number of para-hydroxylation sites is 2. The molecule has 0 saturated carbocycles. The van der Waals surface area contributed by atoms with E-state index in [1.165, 1.54) is 60.5 Å². The molecule has 0 bridgehead atoms. The van der Waals surface area contributed by atoms with Crippen LogP contribution in [0.25, 0.3) is 99.1 Å². The molecule has 0 radical (unpaired) electrons. The van der Waals surface area contributed by atoms with Crippen molar-refractivity contribution in [1.82, 2.24) is 0 Å². The average molecular weight is 816 g/mol. The highest BCUT2D eigenvalue weighted by Gasteiger charge is 2.19. The summed E-state index contributed by atoms with van der Waals surface area (Å²) in [5, 5.41) is 7.21. The van der Waals surface area contributed by atoms with Crippen LogP contribution in [0.3, 0.4) is 0 Å². The van der Waals surface area contributed by atoms with E-state index in [1.807, 2.05) is 12.1 Å². The molecule has 0 saturated heterocycles. The van der Waals surface area contributed by atoms with Crippen molar-refractivity contribution in [2.24, 2.45) is 0 Å². The number of nitrogens with zero attached hydrogens (tertiary/aromatic N) is 1. The van der Waals surface area contributed by atoms with E-state index in [9.17, 15) is 0 Å². The summed E-state index contributed by atoms with van der Waals surface area (Å²) in [5.41, 5.74) is 16.8. The van der Waals surface area contributed by atoms with Gasteiger partial charge in [0, 0.05) is 33.4 Å². The number of furan rings is 1. The number of hydrogen-bond acceptors (Lipinski definition) is 2. The van der Waals surface area contributed by atoms with Gasteiger partial charge in [-0.15, -0.1) is 0 Å².